The second-order valence-corrected chi connectivity index (χ2v) is 5.52. The van der Waals surface area contributed by atoms with E-state index >= 15 is 0 Å². The van der Waals surface area contributed by atoms with Gasteiger partial charge in [0.25, 0.3) is 5.91 Å². The fraction of sp³-hybridized carbons (Fsp3) is 0.294. The van der Waals surface area contributed by atoms with E-state index in [2.05, 4.69) is 24.4 Å². The molecule has 0 fully saturated rings. The van der Waals surface area contributed by atoms with Crippen molar-refractivity contribution >= 4 is 23.2 Å². The minimum Gasteiger partial charge on any atom is -0.320 e. The summed E-state index contributed by atoms with van der Waals surface area (Å²) in [5.41, 5.74) is 2.00. The molecule has 0 unspecified atom stereocenters. The van der Waals surface area contributed by atoms with Crippen molar-refractivity contribution in [3.8, 4) is 0 Å². The number of halogens is 1. The van der Waals surface area contributed by atoms with Gasteiger partial charge in [0.05, 0.1) is 0 Å². The van der Waals surface area contributed by atoms with E-state index in [4.69, 9.17) is 11.6 Å². The number of hydrogen-bond donors (Lipinski definition) is 1. The van der Waals surface area contributed by atoms with Crippen LogP contribution in [0.5, 0.6) is 0 Å². The number of aromatic nitrogens is 1. The van der Waals surface area contributed by atoms with E-state index in [1.165, 1.54) is 5.56 Å². The highest BCUT2D eigenvalue weighted by molar-refractivity contribution is 6.30. The number of benzene rings is 1. The van der Waals surface area contributed by atoms with Crippen molar-refractivity contribution in [3.63, 3.8) is 0 Å². The van der Waals surface area contributed by atoms with Crippen molar-refractivity contribution in [3.05, 3.63) is 59.4 Å². The van der Waals surface area contributed by atoms with Crippen LogP contribution in [0.15, 0.2) is 48.8 Å². The number of rotatable bonds is 5. The molecule has 0 bridgehead atoms. The fourth-order valence-electron chi connectivity index (χ4n) is 2.13. The highest BCUT2D eigenvalue weighted by Gasteiger charge is 2.21. The van der Waals surface area contributed by atoms with Crippen LogP contribution in [0.25, 0.3) is 0 Å². The van der Waals surface area contributed by atoms with Crippen LogP contribution in [-0.4, -0.2) is 5.91 Å². The summed E-state index contributed by atoms with van der Waals surface area (Å²) in [5.74, 6) is -0.0643. The summed E-state index contributed by atoms with van der Waals surface area (Å²) < 4.78 is 1.90. The predicted octanol–water partition coefficient (Wildman–Crippen LogP) is 3.78. The van der Waals surface area contributed by atoms with Gasteiger partial charge in [-0.25, -0.2) is 0 Å². The van der Waals surface area contributed by atoms with Crippen molar-refractivity contribution in [2.75, 3.05) is 5.32 Å². The Balaban J connectivity index is 2.04. The third-order valence-corrected chi connectivity index (χ3v) is 3.61. The molecular weight excluding hydrogens is 284 g/mol. The molecule has 4 heteroatoms. The molecule has 1 aromatic heterocycles. The predicted molar refractivity (Wildman–Crippen MR) is 85.4 cm³/mol. The largest absolute Gasteiger partial charge is 0.320 e. The van der Waals surface area contributed by atoms with Crippen molar-refractivity contribution in [1.29, 1.82) is 0 Å². The molecule has 3 nitrogen and oxygen atoms in total. The van der Waals surface area contributed by atoms with E-state index in [9.17, 15) is 4.79 Å². The number of pyridine rings is 1. The maximum absolute atomic E-state index is 12.3. The zero-order chi connectivity index (χ0) is 15.2. The van der Waals surface area contributed by atoms with E-state index in [-0.39, 0.29) is 11.9 Å². The van der Waals surface area contributed by atoms with Crippen molar-refractivity contribution in [1.82, 2.24) is 0 Å². The Hall–Kier alpha value is -1.87. The van der Waals surface area contributed by atoms with Gasteiger partial charge < -0.3 is 5.32 Å². The van der Waals surface area contributed by atoms with Crippen LogP contribution in [0.2, 0.25) is 5.02 Å². The number of nitrogens with zero attached hydrogens (tertiary/aromatic N) is 1. The van der Waals surface area contributed by atoms with E-state index in [1.807, 2.05) is 36.0 Å². The summed E-state index contributed by atoms with van der Waals surface area (Å²) in [7, 11) is 0. The lowest BCUT2D eigenvalue weighted by Crippen LogP contribution is -2.44. The molecule has 1 aromatic carbocycles. The second-order valence-electron chi connectivity index (χ2n) is 5.08. The first kappa shape index (κ1) is 15.5. The summed E-state index contributed by atoms with van der Waals surface area (Å²) in [6.07, 6.45) is 6.08. The lowest BCUT2D eigenvalue weighted by Gasteiger charge is -2.09. The Morgan fingerprint density at radius 1 is 1.29 bits per heavy atom. The molecule has 2 aromatic rings. The molecule has 1 atom stereocenters. The molecule has 0 aliphatic carbocycles. The number of hydrogen-bond acceptors (Lipinski definition) is 1. The first-order valence-electron chi connectivity index (χ1n) is 7.16. The average Bonchev–Trinajstić information content (AvgIpc) is 2.47. The standard InChI is InChI=1S/C17H19ClN2O/c1-3-5-14-8-10-20(11-9-14)13(2)17(21)19-16-7-4-6-15(18)12-16/h4,6-13H,3,5H2,1-2H3/p+1/t13-/m0/s1. The summed E-state index contributed by atoms with van der Waals surface area (Å²) >= 11 is 5.92. The minimum atomic E-state index is -0.278. The minimum absolute atomic E-state index is 0.0643. The van der Waals surface area contributed by atoms with Gasteiger partial charge in [-0.05, 0) is 30.2 Å². The molecule has 110 valence electrons. The van der Waals surface area contributed by atoms with Crippen molar-refractivity contribution in [2.45, 2.75) is 32.7 Å². The van der Waals surface area contributed by atoms with Gasteiger partial charge in [-0.15, -0.1) is 0 Å². The van der Waals surface area contributed by atoms with Gasteiger partial charge in [0.1, 0.15) is 0 Å². The van der Waals surface area contributed by atoms with Gasteiger partial charge in [-0.3, -0.25) is 4.79 Å². The monoisotopic (exact) mass is 303 g/mol. The molecule has 0 radical (unpaired) electrons. The summed E-state index contributed by atoms with van der Waals surface area (Å²) in [6, 6.07) is 11.0. The molecular formula is C17H20ClN2O+. The highest BCUT2D eigenvalue weighted by atomic mass is 35.5. The van der Waals surface area contributed by atoms with Crippen LogP contribution in [-0.2, 0) is 11.2 Å². The Morgan fingerprint density at radius 2 is 2.00 bits per heavy atom. The zero-order valence-electron chi connectivity index (χ0n) is 12.3. The smallest absolute Gasteiger partial charge is 0.293 e. The number of nitrogens with one attached hydrogen (secondary N) is 1. The highest BCUT2D eigenvalue weighted by Crippen LogP contribution is 2.15. The summed E-state index contributed by atoms with van der Waals surface area (Å²) in [4.78, 5) is 12.3. The van der Waals surface area contributed by atoms with Crippen molar-refractivity contribution in [2.24, 2.45) is 0 Å². The topological polar surface area (TPSA) is 33.0 Å². The van der Waals surface area contributed by atoms with Crippen LogP contribution in [0.4, 0.5) is 5.69 Å². The third-order valence-electron chi connectivity index (χ3n) is 3.38. The van der Waals surface area contributed by atoms with Crippen molar-refractivity contribution < 1.29 is 9.36 Å². The first-order valence-corrected chi connectivity index (χ1v) is 7.54. The fourth-order valence-corrected chi connectivity index (χ4v) is 2.32. The Kier molecular flexibility index (Phi) is 5.34. The number of carbonyl (C=O) groups excluding carboxylic acids is 1. The van der Waals surface area contributed by atoms with Crippen LogP contribution in [0, 0.1) is 0 Å². The summed E-state index contributed by atoms with van der Waals surface area (Å²) in [5, 5.41) is 3.48. The Morgan fingerprint density at radius 3 is 2.62 bits per heavy atom. The third kappa shape index (κ3) is 4.30. The summed E-state index contributed by atoms with van der Waals surface area (Å²) in [6.45, 7) is 4.03. The van der Waals surface area contributed by atoms with Crippen LogP contribution in [0.3, 0.4) is 0 Å². The number of anilines is 1. The molecule has 0 saturated carbocycles. The molecule has 2 rings (SSSR count). The number of amides is 1. The SMILES string of the molecule is CCCc1cc[n+]([C@@H](C)C(=O)Nc2cccc(Cl)c2)cc1. The maximum Gasteiger partial charge on any atom is 0.293 e. The molecule has 0 saturated heterocycles. The molecule has 1 amide bonds. The lowest BCUT2D eigenvalue weighted by atomic mass is 10.1. The normalized spacial score (nSPS) is 12.0. The van der Waals surface area contributed by atoms with Gasteiger partial charge in [-0.1, -0.05) is 31.0 Å². The molecule has 1 N–H and O–H groups in total. The van der Waals surface area contributed by atoms with Gasteiger partial charge in [0.2, 0.25) is 6.04 Å². The van der Waals surface area contributed by atoms with E-state index in [1.54, 1.807) is 12.1 Å². The molecule has 0 aliphatic rings. The van der Waals surface area contributed by atoms with Crippen LogP contribution >= 0.6 is 11.6 Å². The second kappa shape index (κ2) is 7.23. The van der Waals surface area contributed by atoms with E-state index in [0.717, 1.165) is 12.8 Å². The quantitative estimate of drug-likeness (QED) is 0.838. The Labute approximate surface area is 130 Å². The molecule has 0 aliphatic heterocycles. The maximum atomic E-state index is 12.3. The molecule has 21 heavy (non-hydrogen) atoms. The van der Waals surface area contributed by atoms with Gasteiger partial charge in [0.15, 0.2) is 12.4 Å². The lowest BCUT2D eigenvalue weighted by molar-refractivity contribution is -0.705. The molecule has 1 heterocycles. The van der Waals surface area contributed by atoms with Crippen LogP contribution in [0.1, 0.15) is 31.9 Å². The van der Waals surface area contributed by atoms with E-state index in [0.29, 0.717) is 10.7 Å². The van der Waals surface area contributed by atoms with E-state index < -0.39 is 0 Å². The number of carbonyl (C=O) groups is 1. The number of aryl methyl sites for hydroxylation is 1. The first-order chi connectivity index (χ1) is 10.1. The zero-order valence-corrected chi connectivity index (χ0v) is 13.1. The average molecular weight is 304 g/mol. The Bertz CT molecular complexity index is 610. The van der Waals surface area contributed by atoms with Crippen LogP contribution < -0.4 is 9.88 Å². The van der Waals surface area contributed by atoms with Gasteiger partial charge >= 0.3 is 0 Å². The van der Waals surface area contributed by atoms with Gasteiger partial charge in [0, 0.05) is 29.8 Å². The van der Waals surface area contributed by atoms with Gasteiger partial charge in [-0.2, -0.15) is 4.57 Å². The molecule has 0 spiro atoms.